The number of rotatable bonds is 5. The van der Waals surface area contributed by atoms with E-state index in [2.05, 4.69) is 9.82 Å². The second-order valence-electron chi connectivity index (χ2n) is 5.78. The van der Waals surface area contributed by atoms with Crippen molar-refractivity contribution in [2.75, 3.05) is 4.72 Å². The first-order valence-corrected chi connectivity index (χ1v) is 9.69. The van der Waals surface area contributed by atoms with E-state index in [-0.39, 0.29) is 10.6 Å². The Morgan fingerprint density at radius 2 is 1.81 bits per heavy atom. The van der Waals surface area contributed by atoms with Crippen LogP contribution in [0.1, 0.15) is 11.4 Å². The number of sulfonamides is 1. The summed E-state index contributed by atoms with van der Waals surface area (Å²) in [5.74, 6) is 0.937. The average molecular weight is 392 g/mol. The molecule has 0 saturated heterocycles. The molecule has 3 aromatic rings. The van der Waals surface area contributed by atoms with Gasteiger partial charge in [0.05, 0.1) is 17.1 Å². The molecular formula is C18H18ClN3O3S. The standard InChI is InChI=1S/C18H18ClN3O3S/c1-12-18(13(2)22(3)20-12)26(23,24)21-16-11-14(19)9-10-17(16)25-15-7-5-4-6-8-15/h4-11,21H,1-3H3. The summed E-state index contributed by atoms with van der Waals surface area (Å²) >= 11 is 6.05. The third-order valence-corrected chi connectivity index (χ3v) is 5.72. The molecule has 2 aromatic carbocycles. The van der Waals surface area contributed by atoms with E-state index in [1.165, 1.54) is 10.7 Å². The molecule has 0 atom stereocenters. The number of hydrogen-bond donors (Lipinski definition) is 1. The Balaban J connectivity index is 2.00. The van der Waals surface area contributed by atoms with E-state index >= 15 is 0 Å². The maximum absolute atomic E-state index is 12.9. The van der Waals surface area contributed by atoms with Gasteiger partial charge in [0.25, 0.3) is 10.0 Å². The Morgan fingerprint density at radius 1 is 1.12 bits per heavy atom. The third-order valence-electron chi connectivity index (χ3n) is 3.87. The molecule has 8 heteroatoms. The van der Waals surface area contributed by atoms with Crippen LogP contribution in [0.15, 0.2) is 53.4 Å². The highest BCUT2D eigenvalue weighted by atomic mass is 35.5. The molecule has 6 nitrogen and oxygen atoms in total. The maximum atomic E-state index is 12.9. The molecule has 0 fully saturated rings. The number of ether oxygens (including phenoxy) is 1. The predicted molar refractivity (Wildman–Crippen MR) is 101 cm³/mol. The number of aryl methyl sites for hydroxylation is 2. The molecule has 0 aliphatic rings. The van der Waals surface area contributed by atoms with Crippen molar-refractivity contribution in [1.82, 2.24) is 9.78 Å². The average Bonchev–Trinajstić information content (AvgIpc) is 2.83. The lowest BCUT2D eigenvalue weighted by Gasteiger charge is -2.14. The summed E-state index contributed by atoms with van der Waals surface area (Å²) in [6, 6.07) is 13.9. The topological polar surface area (TPSA) is 73.2 Å². The van der Waals surface area contributed by atoms with Gasteiger partial charge in [-0.15, -0.1) is 0 Å². The second-order valence-corrected chi connectivity index (χ2v) is 7.84. The maximum Gasteiger partial charge on any atom is 0.265 e. The first-order chi connectivity index (χ1) is 12.3. The van der Waals surface area contributed by atoms with E-state index in [0.717, 1.165) is 0 Å². The molecule has 3 rings (SSSR count). The molecule has 0 unspecified atom stereocenters. The van der Waals surface area contributed by atoms with Gasteiger partial charge in [0.15, 0.2) is 5.75 Å². The van der Waals surface area contributed by atoms with Crippen LogP contribution in [-0.4, -0.2) is 18.2 Å². The quantitative estimate of drug-likeness (QED) is 0.704. The van der Waals surface area contributed by atoms with Crippen LogP contribution in [0.25, 0.3) is 0 Å². The molecule has 0 bridgehead atoms. The van der Waals surface area contributed by atoms with Crippen LogP contribution in [0.4, 0.5) is 5.69 Å². The molecule has 0 spiro atoms. The summed E-state index contributed by atoms with van der Waals surface area (Å²) in [5, 5.41) is 4.56. The van der Waals surface area contributed by atoms with Crippen molar-refractivity contribution >= 4 is 27.3 Å². The summed E-state index contributed by atoms with van der Waals surface area (Å²) in [6.07, 6.45) is 0. The van der Waals surface area contributed by atoms with Crippen molar-refractivity contribution in [2.24, 2.45) is 7.05 Å². The number of anilines is 1. The minimum atomic E-state index is -3.86. The Morgan fingerprint density at radius 3 is 2.42 bits per heavy atom. The van der Waals surface area contributed by atoms with E-state index in [1.54, 1.807) is 45.2 Å². The Labute approximate surface area is 157 Å². The summed E-state index contributed by atoms with van der Waals surface area (Å²) in [6.45, 7) is 3.36. The molecule has 1 heterocycles. The summed E-state index contributed by atoms with van der Waals surface area (Å²) < 4.78 is 35.7. The molecule has 1 N–H and O–H groups in total. The fourth-order valence-corrected chi connectivity index (χ4v) is 4.30. The molecule has 26 heavy (non-hydrogen) atoms. The molecule has 136 valence electrons. The van der Waals surface area contributed by atoms with Crippen LogP contribution in [0.2, 0.25) is 5.02 Å². The monoisotopic (exact) mass is 391 g/mol. The van der Waals surface area contributed by atoms with Crippen LogP contribution < -0.4 is 9.46 Å². The van der Waals surface area contributed by atoms with E-state index in [0.29, 0.717) is 27.9 Å². The lowest BCUT2D eigenvalue weighted by Crippen LogP contribution is -2.15. The normalized spacial score (nSPS) is 11.4. The van der Waals surface area contributed by atoms with Crippen molar-refractivity contribution in [3.8, 4) is 11.5 Å². The van der Waals surface area contributed by atoms with Crippen molar-refractivity contribution in [3.05, 3.63) is 64.9 Å². The van der Waals surface area contributed by atoms with Crippen LogP contribution >= 0.6 is 11.6 Å². The van der Waals surface area contributed by atoms with Gasteiger partial charge in [0, 0.05) is 12.1 Å². The van der Waals surface area contributed by atoms with Crippen LogP contribution in [0.3, 0.4) is 0 Å². The van der Waals surface area contributed by atoms with Gasteiger partial charge in [-0.1, -0.05) is 29.8 Å². The van der Waals surface area contributed by atoms with E-state index in [4.69, 9.17) is 16.3 Å². The molecule has 0 saturated carbocycles. The Bertz CT molecular complexity index is 1050. The second kappa shape index (κ2) is 7.01. The van der Waals surface area contributed by atoms with Gasteiger partial charge in [0.1, 0.15) is 10.6 Å². The molecule has 1 aromatic heterocycles. The summed E-state index contributed by atoms with van der Waals surface area (Å²) in [4.78, 5) is 0.144. The third kappa shape index (κ3) is 3.68. The van der Waals surface area contributed by atoms with Gasteiger partial charge in [-0.3, -0.25) is 9.40 Å². The number of nitrogens with one attached hydrogen (secondary N) is 1. The van der Waals surface area contributed by atoms with E-state index in [1.807, 2.05) is 18.2 Å². The highest BCUT2D eigenvalue weighted by molar-refractivity contribution is 7.92. The summed E-state index contributed by atoms with van der Waals surface area (Å²) in [7, 11) is -2.16. The van der Waals surface area contributed by atoms with Gasteiger partial charge in [-0.05, 0) is 44.2 Å². The van der Waals surface area contributed by atoms with Crippen LogP contribution in [0.5, 0.6) is 11.5 Å². The molecular weight excluding hydrogens is 374 g/mol. The number of hydrogen-bond acceptors (Lipinski definition) is 4. The first kappa shape index (κ1) is 18.3. The predicted octanol–water partition coefficient (Wildman–Crippen LogP) is 4.28. The molecule has 0 aliphatic carbocycles. The van der Waals surface area contributed by atoms with Gasteiger partial charge in [-0.25, -0.2) is 8.42 Å². The smallest absolute Gasteiger partial charge is 0.265 e. The summed E-state index contributed by atoms with van der Waals surface area (Å²) in [5.41, 5.74) is 1.22. The zero-order valence-corrected chi connectivity index (χ0v) is 16.1. The zero-order chi connectivity index (χ0) is 18.9. The largest absolute Gasteiger partial charge is 0.455 e. The number of aromatic nitrogens is 2. The van der Waals surface area contributed by atoms with Gasteiger partial charge in [0.2, 0.25) is 0 Å². The zero-order valence-electron chi connectivity index (χ0n) is 14.5. The SMILES string of the molecule is Cc1nn(C)c(C)c1S(=O)(=O)Nc1cc(Cl)ccc1Oc1ccccc1. The fraction of sp³-hybridized carbons (Fsp3) is 0.167. The minimum absolute atomic E-state index is 0.144. The fourth-order valence-electron chi connectivity index (χ4n) is 2.63. The van der Waals surface area contributed by atoms with Crippen LogP contribution in [-0.2, 0) is 17.1 Å². The van der Waals surface area contributed by atoms with Gasteiger partial charge >= 0.3 is 0 Å². The number of benzene rings is 2. The van der Waals surface area contributed by atoms with Crippen molar-refractivity contribution in [2.45, 2.75) is 18.7 Å². The minimum Gasteiger partial charge on any atom is -0.455 e. The first-order valence-electron chi connectivity index (χ1n) is 7.83. The van der Waals surface area contributed by atoms with Crippen molar-refractivity contribution < 1.29 is 13.2 Å². The Hall–Kier alpha value is -2.51. The number of para-hydroxylation sites is 1. The lowest BCUT2D eigenvalue weighted by molar-refractivity contribution is 0.485. The lowest BCUT2D eigenvalue weighted by atomic mass is 10.3. The van der Waals surface area contributed by atoms with E-state index < -0.39 is 10.0 Å². The Kier molecular flexibility index (Phi) is 4.93. The number of nitrogens with zero attached hydrogens (tertiary/aromatic N) is 2. The molecule has 0 radical (unpaired) electrons. The molecule has 0 amide bonds. The van der Waals surface area contributed by atoms with Crippen molar-refractivity contribution in [3.63, 3.8) is 0 Å². The van der Waals surface area contributed by atoms with Gasteiger partial charge in [-0.2, -0.15) is 5.10 Å². The molecule has 0 aliphatic heterocycles. The highest BCUT2D eigenvalue weighted by Crippen LogP contribution is 2.34. The van der Waals surface area contributed by atoms with E-state index in [9.17, 15) is 8.42 Å². The van der Waals surface area contributed by atoms with Crippen LogP contribution in [0, 0.1) is 13.8 Å². The number of halogens is 1. The van der Waals surface area contributed by atoms with Crippen molar-refractivity contribution in [1.29, 1.82) is 0 Å². The van der Waals surface area contributed by atoms with Gasteiger partial charge < -0.3 is 4.74 Å². The highest BCUT2D eigenvalue weighted by Gasteiger charge is 2.25.